The molecule has 4 nitrogen and oxygen atoms in total. The standard InChI is InChI=1S/C11H20N2O2/c1-3-4-10(12)11(15)13(2)7-8-5-9(14)6-8/h3,8-10,14H,1,4-7,12H2,2H3. The molecule has 0 aromatic rings. The molecule has 0 aromatic carbocycles. The molecule has 3 N–H and O–H groups in total. The van der Waals surface area contributed by atoms with E-state index in [2.05, 4.69) is 6.58 Å². The monoisotopic (exact) mass is 212 g/mol. The average molecular weight is 212 g/mol. The van der Waals surface area contributed by atoms with Crippen molar-refractivity contribution in [2.45, 2.75) is 31.4 Å². The molecule has 1 saturated carbocycles. The lowest BCUT2D eigenvalue weighted by atomic mass is 9.82. The Morgan fingerprint density at radius 3 is 2.80 bits per heavy atom. The van der Waals surface area contributed by atoms with E-state index in [-0.39, 0.29) is 12.0 Å². The summed E-state index contributed by atoms with van der Waals surface area (Å²) in [5, 5.41) is 9.12. The van der Waals surface area contributed by atoms with Crippen LogP contribution in [-0.2, 0) is 4.79 Å². The minimum Gasteiger partial charge on any atom is -0.393 e. The van der Waals surface area contributed by atoms with Crippen molar-refractivity contribution in [3.05, 3.63) is 12.7 Å². The maximum atomic E-state index is 11.7. The highest BCUT2D eigenvalue weighted by molar-refractivity contribution is 5.81. The van der Waals surface area contributed by atoms with E-state index in [0.717, 1.165) is 12.8 Å². The van der Waals surface area contributed by atoms with Gasteiger partial charge in [0, 0.05) is 13.6 Å². The van der Waals surface area contributed by atoms with E-state index >= 15 is 0 Å². The van der Waals surface area contributed by atoms with Crippen molar-refractivity contribution in [3.8, 4) is 0 Å². The lowest BCUT2D eigenvalue weighted by molar-refractivity contribution is -0.132. The highest BCUT2D eigenvalue weighted by Gasteiger charge is 2.29. The normalized spacial score (nSPS) is 26.6. The lowest BCUT2D eigenvalue weighted by Gasteiger charge is -2.35. The Labute approximate surface area is 90.7 Å². The molecule has 4 heteroatoms. The molecular formula is C11H20N2O2. The SMILES string of the molecule is C=CCC(N)C(=O)N(C)CC1CC(O)C1. The molecule has 0 aromatic heterocycles. The minimum atomic E-state index is -0.475. The van der Waals surface area contributed by atoms with Gasteiger partial charge in [0.25, 0.3) is 0 Å². The molecule has 15 heavy (non-hydrogen) atoms. The summed E-state index contributed by atoms with van der Waals surface area (Å²) in [6.07, 6.45) is 3.60. The molecule has 0 spiro atoms. The molecule has 1 aliphatic rings. The first-order valence-corrected chi connectivity index (χ1v) is 5.34. The van der Waals surface area contributed by atoms with Gasteiger partial charge < -0.3 is 15.7 Å². The van der Waals surface area contributed by atoms with Gasteiger partial charge in [-0.1, -0.05) is 6.08 Å². The number of carbonyl (C=O) groups is 1. The first-order valence-electron chi connectivity index (χ1n) is 5.34. The molecule has 0 heterocycles. The Bertz CT molecular complexity index is 237. The first-order chi connectivity index (χ1) is 7.04. The highest BCUT2D eigenvalue weighted by Crippen LogP contribution is 2.27. The number of aliphatic hydroxyl groups is 1. The topological polar surface area (TPSA) is 66.6 Å². The van der Waals surface area contributed by atoms with Crippen molar-refractivity contribution < 1.29 is 9.90 Å². The maximum absolute atomic E-state index is 11.7. The van der Waals surface area contributed by atoms with Gasteiger partial charge in [0.05, 0.1) is 12.1 Å². The van der Waals surface area contributed by atoms with Crippen LogP contribution in [0.5, 0.6) is 0 Å². The van der Waals surface area contributed by atoms with Gasteiger partial charge in [-0.05, 0) is 25.2 Å². The lowest BCUT2D eigenvalue weighted by Crippen LogP contribution is -2.45. The predicted molar refractivity (Wildman–Crippen MR) is 59.2 cm³/mol. The van der Waals surface area contributed by atoms with Crippen LogP contribution in [0.1, 0.15) is 19.3 Å². The molecule has 1 unspecified atom stereocenters. The molecule has 0 saturated heterocycles. The summed E-state index contributed by atoms with van der Waals surface area (Å²) in [7, 11) is 1.76. The van der Waals surface area contributed by atoms with Gasteiger partial charge in [-0.2, -0.15) is 0 Å². The summed E-state index contributed by atoms with van der Waals surface area (Å²) in [5.41, 5.74) is 5.68. The maximum Gasteiger partial charge on any atom is 0.239 e. The number of rotatable bonds is 5. The fraction of sp³-hybridized carbons (Fsp3) is 0.727. The number of carbonyl (C=O) groups excluding carboxylic acids is 1. The molecule has 0 aliphatic heterocycles. The Hall–Kier alpha value is -0.870. The van der Waals surface area contributed by atoms with E-state index in [9.17, 15) is 4.79 Å². The second-order valence-electron chi connectivity index (χ2n) is 4.34. The summed E-state index contributed by atoms with van der Waals surface area (Å²) < 4.78 is 0. The zero-order valence-corrected chi connectivity index (χ0v) is 9.22. The number of nitrogens with zero attached hydrogens (tertiary/aromatic N) is 1. The van der Waals surface area contributed by atoms with Gasteiger partial charge in [-0.25, -0.2) is 0 Å². The third-order valence-corrected chi connectivity index (χ3v) is 2.86. The molecule has 1 fully saturated rings. The first kappa shape index (κ1) is 12.2. The Kier molecular flexibility index (Phi) is 4.29. The van der Waals surface area contributed by atoms with Gasteiger partial charge >= 0.3 is 0 Å². The second kappa shape index (κ2) is 5.28. The second-order valence-corrected chi connectivity index (χ2v) is 4.34. The fourth-order valence-corrected chi connectivity index (χ4v) is 1.89. The van der Waals surface area contributed by atoms with E-state index in [0.29, 0.717) is 18.9 Å². The van der Waals surface area contributed by atoms with Crippen molar-refractivity contribution in [2.24, 2.45) is 11.7 Å². The van der Waals surface area contributed by atoms with Crippen LogP contribution in [0.2, 0.25) is 0 Å². The van der Waals surface area contributed by atoms with Crippen LogP contribution in [0.15, 0.2) is 12.7 Å². The number of aliphatic hydroxyl groups excluding tert-OH is 1. The van der Waals surface area contributed by atoms with Gasteiger partial charge in [0.2, 0.25) is 5.91 Å². The van der Waals surface area contributed by atoms with Crippen LogP contribution in [0, 0.1) is 5.92 Å². The number of amides is 1. The Balaban J connectivity index is 2.29. The summed E-state index contributed by atoms with van der Waals surface area (Å²) in [6.45, 7) is 4.25. The number of likely N-dealkylation sites (N-methyl/N-ethyl adjacent to an activating group) is 1. The quantitative estimate of drug-likeness (QED) is 0.636. The van der Waals surface area contributed by atoms with Gasteiger partial charge in [0.1, 0.15) is 0 Å². The van der Waals surface area contributed by atoms with E-state index < -0.39 is 6.04 Å². The molecule has 1 amide bonds. The minimum absolute atomic E-state index is 0.0451. The van der Waals surface area contributed by atoms with Crippen LogP contribution >= 0.6 is 0 Å². The highest BCUT2D eigenvalue weighted by atomic mass is 16.3. The number of hydrogen-bond donors (Lipinski definition) is 2. The van der Waals surface area contributed by atoms with Crippen molar-refractivity contribution >= 4 is 5.91 Å². The van der Waals surface area contributed by atoms with Gasteiger partial charge in [0.15, 0.2) is 0 Å². The summed E-state index contributed by atoms with van der Waals surface area (Å²) in [5.74, 6) is 0.390. The Morgan fingerprint density at radius 1 is 1.73 bits per heavy atom. The molecular weight excluding hydrogens is 192 g/mol. The molecule has 86 valence electrons. The fourth-order valence-electron chi connectivity index (χ4n) is 1.89. The summed E-state index contributed by atoms with van der Waals surface area (Å²) in [6, 6.07) is -0.475. The van der Waals surface area contributed by atoms with Crippen LogP contribution in [0.3, 0.4) is 0 Å². The van der Waals surface area contributed by atoms with Crippen LogP contribution in [-0.4, -0.2) is 41.7 Å². The molecule has 0 bridgehead atoms. The van der Waals surface area contributed by atoms with Crippen molar-refractivity contribution in [1.29, 1.82) is 0 Å². The van der Waals surface area contributed by atoms with Crippen LogP contribution in [0.4, 0.5) is 0 Å². The summed E-state index contributed by atoms with van der Waals surface area (Å²) >= 11 is 0. The number of nitrogens with two attached hydrogens (primary N) is 1. The smallest absolute Gasteiger partial charge is 0.239 e. The zero-order valence-electron chi connectivity index (χ0n) is 9.22. The molecule has 1 atom stereocenters. The molecule has 1 rings (SSSR count). The van der Waals surface area contributed by atoms with Crippen molar-refractivity contribution in [3.63, 3.8) is 0 Å². The largest absolute Gasteiger partial charge is 0.393 e. The molecule has 1 aliphatic carbocycles. The zero-order chi connectivity index (χ0) is 11.4. The predicted octanol–water partition coefficient (Wildman–Crippen LogP) is 0.119. The van der Waals surface area contributed by atoms with E-state index in [1.807, 2.05) is 0 Å². The Morgan fingerprint density at radius 2 is 2.33 bits per heavy atom. The third-order valence-electron chi connectivity index (χ3n) is 2.86. The van der Waals surface area contributed by atoms with E-state index in [1.54, 1.807) is 18.0 Å². The van der Waals surface area contributed by atoms with E-state index in [1.165, 1.54) is 0 Å². The average Bonchev–Trinajstić information content (AvgIpc) is 2.14. The van der Waals surface area contributed by atoms with Crippen molar-refractivity contribution in [1.82, 2.24) is 4.90 Å². The molecule has 0 radical (unpaired) electrons. The van der Waals surface area contributed by atoms with Crippen LogP contribution in [0.25, 0.3) is 0 Å². The van der Waals surface area contributed by atoms with E-state index in [4.69, 9.17) is 10.8 Å². The third kappa shape index (κ3) is 3.32. The summed E-state index contributed by atoms with van der Waals surface area (Å²) in [4.78, 5) is 13.3. The number of hydrogen-bond acceptors (Lipinski definition) is 3. The van der Waals surface area contributed by atoms with Gasteiger partial charge in [-0.3, -0.25) is 4.79 Å². The van der Waals surface area contributed by atoms with Crippen molar-refractivity contribution in [2.75, 3.05) is 13.6 Å². The van der Waals surface area contributed by atoms with Gasteiger partial charge in [-0.15, -0.1) is 6.58 Å². The van der Waals surface area contributed by atoms with Crippen LogP contribution < -0.4 is 5.73 Å².